The monoisotopic (exact) mass is 444 g/mol. The number of amides is 3. The molecular formula is C23H32N4O5. The van der Waals surface area contributed by atoms with Crippen LogP contribution in [-0.4, -0.2) is 39.2 Å². The molecule has 32 heavy (non-hydrogen) atoms. The molecule has 1 saturated heterocycles. The van der Waals surface area contributed by atoms with Gasteiger partial charge in [0.25, 0.3) is 0 Å². The number of rotatable bonds is 7. The highest BCUT2D eigenvalue weighted by Crippen LogP contribution is 2.25. The van der Waals surface area contributed by atoms with Crippen molar-refractivity contribution in [1.82, 2.24) is 19.8 Å². The third-order valence-electron chi connectivity index (χ3n) is 5.50. The molecule has 1 atom stereocenters. The number of aryl methyl sites for hydroxylation is 2. The third kappa shape index (κ3) is 5.38. The summed E-state index contributed by atoms with van der Waals surface area (Å²) in [6.07, 6.45) is 3.53. The van der Waals surface area contributed by atoms with Gasteiger partial charge in [0.15, 0.2) is 0 Å². The Kier molecular flexibility index (Phi) is 7.06. The topological polar surface area (TPSA) is 111 Å². The Balaban J connectivity index is 1.64. The van der Waals surface area contributed by atoms with E-state index >= 15 is 0 Å². The van der Waals surface area contributed by atoms with Crippen LogP contribution in [0.4, 0.5) is 4.79 Å². The second kappa shape index (κ2) is 9.58. The molecule has 0 bridgehead atoms. The standard InChI is InChI=1S/C23H32N4O5/c1-23(2,3)32-21(30)24-14-7-5-6-9-15-10-8-11-16-19(15)26(4)22(31)27(16)17-12-13-18(28)25-20(17)29/h8,10-11,17H,5-7,9,12-14H2,1-4H3,(H,24,30)(H,25,28,29). The number of nitrogens with one attached hydrogen (secondary N) is 2. The van der Waals surface area contributed by atoms with Gasteiger partial charge in [-0.05, 0) is 58.1 Å². The number of hydrogen-bond donors (Lipinski definition) is 2. The van der Waals surface area contributed by atoms with Crippen molar-refractivity contribution >= 4 is 28.9 Å². The van der Waals surface area contributed by atoms with Crippen molar-refractivity contribution in [2.45, 2.75) is 70.9 Å². The summed E-state index contributed by atoms with van der Waals surface area (Å²) in [5, 5.41) is 5.09. The lowest BCUT2D eigenvalue weighted by Crippen LogP contribution is -2.44. The number of unbranched alkanes of at least 4 members (excludes halogenated alkanes) is 2. The Morgan fingerprint density at radius 3 is 2.62 bits per heavy atom. The average molecular weight is 445 g/mol. The number of carbonyl (C=O) groups excluding carboxylic acids is 3. The number of benzene rings is 1. The lowest BCUT2D eigenvalue weighted by atomic mass is 10.0. The number of imidazole rings is 1. The van der Waals surface area contributed by atoms with Crippen LogP contribution >= 0.6 is 0 Å². The Bertz CT molecular complexity index is 1080. The lowest BCUT2D eigenvalue weighted by Gasteiger charge is -2.22. The molecule has 2 heterocycles. The molecule has 3 rings (SSSR count). The zero-order valence-corrected chi connectivity index (χ0v) is 19.2. The number of nitrogens with zero attached hydrogens (tertiary/aromatic N) is 2. The van der Waals surface area contributed by atoms with Crippen molar-refractivity contribution < 1.29 is 19.1 Å². The SMILES string of the molecule is Cn1c(=O)n(C2CCC(=O)NC2=O)c2cccc(CCCCCNC(=O)OC(C)(C)C)c21. The molecule has 2 aromatic rings. The molecule has 174 valence electrons. The van der Waals surface area contributed by atoms with Crippen LogP contribution in [0.2, 0.25) is 0 Å². The van der Waals surface area contributed by atoms with Crippen molar-refractivity contribution in [2.75, 3.05) is 6.54 Å². The first-order valence-electron chi connectivity index (χ1n) is 11.1. The molecular weight excluding hydrogens is 412 g/mol. The maximum atomic E-state index is 13.0. The fraction of sp³-hybridized carbons (Fsp3) is 0.565. The van der Waals surface area contributed by atoms with Gasteiger partial charge in [0.2, 0.25) is 11.8 Å². The van der Waals surface area contributed by atoms with Crippen molar-refractivity contribution in [2.24, 2.45) is 7.05 Å². The molecule has 0 aliphatic carbocycles. The molecule has 3 amide bonds. The molecule has 9 heteroatoms. The Morgan fingerprint density at radius 2 is 1.94 bits per heavy atom. The van der Waals surface area contributed by atoms with E-state index < -0.39 is 23.6 Å². The second-order valence-electron chi connectivity index (χ2n) is 9.20. The molecule has 1 aromatic carbocycles. The van der Waals surface area contributed by atoms with Crippen LogP contribution in [0.15, 0.2) is 23.0 Å². The van der Waals surface area contributed by atoms with E-state index in [0.717, 1.165) is 36.8 Å². The lowest BCUT2D eigenvalue weighted by molar-refractivity contribution is -0.135. The number of fused-ring (bicyclic) bond motifs is 1. The molecule has 2 N–H and O–H groups in total. The van der Waals surface area contributed by atoms with Gasteiger partial charge in [0, 0.05) is 20.0 Å². The van der Waals surface area contributed by atoms with Crippen LogP contribution in [0.25, 0.3) is 11.0 Å². The number of alkyl carbamates (subject to hydrolysis) is 1. The van der Waals surface area contributed by atoms with Gasteiger partial charge < -0.3 is 10.1 Å². The zero-order valence-electron chi connectivity index (χ0n) is 19.2. The summed E-state index contributed by atoms with van der Waals surface area (Å²) in [5.74, 6) is -0.736. The van der Waals surface area contributed by atoms with E-state index in [1.54, 1.807) is 11.6 Å². The molecule has 0 spiro atoms. The summed E-state index contributed by atoms with van der Waals surface area (Å²) in [5.41, 5.74) is 1.78. The summed E-state index contributed by atoms with van der Waals surface area (Å²) in [6.45, 7) is 6.03. The van der Waals surface area contributed by atoms with Crippen LogP contribution in [0.3, 0.4) is 0 Å². The summed E-state index contributed by atoms with van der Waals surface area (Å²) in [7, 11) is 1.71. The Labute approximate surface area is 187 Å². The van der Waals surface area contributed by atoms with Gasteiger partial charge in [0.05, 0.1) is 11.0 Å². The number of piperidine rings is 1. The molecule has 0 radical (unpaired) electrons. The van der Waals surface area contributed by atoms with Gasteiger partial charge in [-0.25, -0.2) is 9.59 Å². The second-order valence-corrected chi connectivity index (χ2v) is 9.20. The molecule has 1 aliphatic rings. The van der Waals surface area contributed by atoms with Crippen LogP contribution in [0.5, 0.6) is 0 Å². The summed E-state index contributed by atoms with van der Waals surface area (Å²) in [6, 6.07) is 5.05. The maximum Gasteiger partial charge on any atom is 0.407 e. The van der Waals surface area contributed by atoms with Crippen molar-refractivity contribution in [3.8, 4) is 0 Å². The van der Waals surface area contributed by atoms with Crippen molar-refractivity contribution in [1.29, 1.82) is 0 Å². The molecule has 9 nitrogen and oxygen atoms in total. The third-order valence-corrected chi connectivity index (χ3v) is 5.50. The fourth-order valence-corrected chi connectivity index (χ4v) is 4.07. The predicted molar refractivity (Wildman–Crippen MR) is 120 cm³/mol. The van der Waals surface area contributed by atoms with Crippen LogP contribution < -0.4 is 16.3 Å². The van der Waals surface area contributed by atoms with Crippen LogP contribution in [0.1, 0.15) is 64.5 Å². The first-order chi connectivity index (χ1) is 15.1. The van der Waals surface area contributed by atoms with E-state index in [4.69, 9.17) is 4.74 Å². The minimum Gasteiger partial charge on any atom is -0.444 e. The zero-order chi connectivity index (χ0) is 23.5. The van der Waals surface area contributed by atoms with Crippen LogP contribution in [0, 0.1) is 0 Å². The van der Waals surface area contributed by atoms with Gasteiger partial charge in [-0.15, -0.1) is 0 Å². The molecule has 0 saturated carbocycles. The van der Waals surface area contributed by atoms with E-state index in [1.165, 1.54) is 4.57 Å². The number of hydrogen-bond acceptors (Lipinski definition) is 5. The summed E-state index contributed by atoms with van der Waals surface area (Å²) < 4.78 is 8.31. The van der Waals surface area contributed by atoms with E-state index in [9.17, 15) is 19.2 Å². The highest BCUT2D eigenvalue weighted by atomic mass is 16.6. The predicted octanol–water partition coefficient (Wildman–Crippen LogP) is 2.56. The largest absolute Gasteiger partial charge is 0.444 e. The smallest absolute Gasteiger partial charge is 0.407 e. The summed E-state index contributed by atoms with van der Waals surface area (Å²) >= 11 is 0. The number of carbonyl (C=O) groups is 3. The fourth-order valence-electron chi connectivity index (χ4n) is 4.07. The first-order valence-corrected chi connectivity index (χ1v) is 11.1. The van der Waals surface area contributed by atoms with E-state index in [0.29, 0.717) is 18.5 Å². The molecule has 1 aromatic heterocycles. The minimum atomic E-state index is -0.682. The van der Waals surface area contributed by atoms with Gasteiger partial charge in [-0.1, -0.05) is 18.6 Å². The average Bonchev–Trinajstić information content (AvgIpc) is 2.95. The summed E-state index contributed by atoms with van der Waals surface area (Å²) in [4.78, 5) is 48.5. The Morgan fingerprint density at radius 1 is 1.19 bits per heavy atom. The molecule has 1 unspecified atom stereocenters. The number of para-hydroxylation sites is 1. The number of aromatic nitrogens is 2. The highest BCUT2D eigenvalue weighted by Gasteiger charge is 2.31. The van der Waals surface area contributed by atoms with E-state index in [1.807, 2.05) is 39.0 Å². The number of ether oxygens (including phenoxy) is 1. The van der Waals surface area contributed by atoms with Gasteiger partial charge in [-0.2, -0.15) is 0 Å². The highest BCUT2D eigenvalue weighted by molar-refractivity contribution is 6.00. The van der Waals surface area contributed by atoms with Gasteiger partial charge in [0.1, 0.15) is 11.6 Å². The van der Waals surface area contributed by atoms with Gasteiger partial charge >= 0.3 is 11.8 Å². The maximum absolute atomic E-state index is 13.0. The molecule has 1 fully saturated rings. The van der Waals surface area contributed by atoms with Gasteiger partial charge in [-0.3, -0.25) is 24.0 Å². The Hall–Kier alpha value is -3.10. The first kappa shape index (κ1) is 23.6. The molecule has 1 aliphatic heterocycles. The number of imide groups is 1. The van der Waals surface area contributed by atoms with E-state index in [-0.39, 0.29) is 18.0 Å². The van der Waals surface area contributed by atoms with Crippen molar-refractivity contribution in [3.63, 3.8) is 0 Å². The van der Waals surface area contributed by atoms with Crippen LogP contribution in [-0.2, 0) is 27.8 Å². The minimum absolute atomic E-state index is 0.219. The quantitative estimate of drug-likeness (QED) is 0.504. The van der Waals surface area contributed by atoms with E-state index in [2.05, 4.69) is 10.6 Å². The normalized spacial score (nSPS) is 16.8. The van der Waals surface area contributed by atoms with Crippen molar-refractivity contribution in [3.05, 3.63) is 34.2 Å².